The van der Waals surface area contributed by atoms with Gasteiger partial charge < -0.3 is 9.80 Å². The maximum absolute atomic E-state index is 4.71. The van der Waals surface area contributed by atoms with Gasteiger partial charge in [0.1, 0.15) is 6.17 Å². The summed E-state index contributed by atoms with van der Waals surface area (Å²) in [5.74, 6) is 1.86. The van der Waals surface area contributed by atoms with Crippen LogP contribution < -0.4 is 9.80 Å². The van der Waals surface area contributed by atoms with Crippen molar-refractivity contribution >= 4 is 23.0 Å². The average molecular weight is 344 g/mol. The largest absolute Gasteiger partial charge is 0.302 e. The van der Waals surface area contributed by atoms with Crippen molar-refractivity contribution in [1.82, 2.24) is 9.97 Å². The van der Waals surface area contributed by atoms with Crippen molar-refractivity contribution in [3.05, 3.63) is 72.6 Å². The van der Waals surface area contributed by atoms with Gasteiger partial charge >= 0.3 is 0 Å². The van der Waals surface area contributed by atoms with Crippen LogP contribution in [0.1, 0.15) is 32.3 Å². The summed E-state index contributed by atoms with van der Waals surface area (Å²) in [5.41, 5.74) is 3.75. The zero-order valence-electron chi connectivity index (χ0n) is 15.3. The molecule has 0 spiro atoms. The Morgan fingerprint density at radius 1 is 0.808 bits per heavy atom. The van der Waals surface area contributed by atoms with E-state index in [9.17, 15) is 0 Å². The fourth-order valence-corrected chi connectivity index (χ4v) is 3.81. The smallest absolute Gasteiger partial charge is 0.178 e. The number of fused-ring (bicyclic) bond motifs is 1. The van der Waals surface area contributed by atoms with Crippen molar-refractivity contribution in [2.45, 2.75) is 39.3 Å². The number of hydrogen-bond donors (Lipinski definition) is 0. The Labute approximate surface area is 155 Å². The molecule has 1 aliphatic rings. The number of anilines is 4. The van der Waals surface area contributed by atoms with Crippen molar-refractivity contribution in [2.24, 2.45) is 0 Å². The number of rotatable bonds is 5. The molecule has 0 saturated carbocycles. The highest BCUT2D eigenvalue weighted by molar-refractivity contribution is 5.84. The molecule has 26 heavy (non-hydrogen) atoms. The van der Waals surface area contributed by atoms with E-state index in [1.807, 2.05) is 6.07 Å². The third-order valence-electron chi connectivity index (χ3n) is 4.88. The summed E-state index contributed by atoms with van der Waals surface area (Å²) in [6, 6.07) is 19.2. The number of nitrogens with zero attached hydrogens (tertiary/aromatic N) is 4. The molecule has 3 aromatic rings. The minimum absolute atomic E-state index is 0.160. The van der Waals surface area contributed by atoms with Crippen LogP contribution in [0.25, 0.3) is 0 Å². The molecule has 0 radical (unpaired) electrons. The summed E-state index contributed by atoms with van der Waals surface area (Å²) in [7, 11) is 0. The maximum Gasteiger partial charge on any atom is 0.178 e. The SMILES string of the molecule is CCCc1ccccc1N1c2nccnc2N(c2ccccc2)C1CC. The lowest BCUT2D eigenvalue weighted by Crippen LogP contribution is -2.38. The first kappa shape index (κ1) is 16.6. The summed E-state index contributed by atoms with van der Waals surface area (Å²) in [6.07, 6.45) is 6.88. The van der Waals surface area contributed by atoms with E-state index in [0.717, 1.165) is 36.6 Å². The lowest BCUT2D eigenvalue weighted by molar-refractivity contribution is 0.660. The Kier molecular flexibility index (Phi) is 4.57. The molecule has 0 amide bonds. The summed E-state index contributed by atoms with van der Waals surface area (Å²) >= 11 is 0. The van der Waals surface area contributed by atoms with Crippen molar-refractivity contribution < 1.29 is 0 Å². The van der Waals surface area contributed by atoms with Crippen LogP contribution in [0.4, 0.5) is 23.0 Å². The Bertz CT molecular complexity index is 878. The standard InChI is InChI=1S/C22H24N4/c1-3-10-17-11-8-9-14-19(17)26-20(4-2)25(18-12-6-5-7-13-18)21-22(26)24-16-15-23-21/h5-9,11-16,20H,3-4,10H2,1-2H3. The van der Waals surface area contributed by atoms with E-state index >= 15 is 0 Å². The molecule has 0 saturated heterocycles. The molecule has 1 unspecified atom stereocenters. The molecule has 2 aromatic carbocycles. The van der Waals surface area contributed by atoms with Gasteiger partial charge in [0.25, 0.3) is 0 Å². The van der Waals surface area contributed by atoms with E-state index in [-0.39, 0.29) is 6.17 Å². The van der Waals surface area contributed by atoms with Crippen LogP contribution in [0.3, 0.4) is 0 Å². The van der Waals surface area contributed by atoms with E-state index in [2.05, 4.69) is 77.2 Å². The Morgan fingerprint density at radius 2 is 1.46 bits per heavy atom. The topological polar surface area (TPSA) is 32.3 Å². The van der Waals surface area contributed by atoms with E-state index in [1.165, 1.54) is 11.3 Å². The Hall–Kier alpha value is -2.88. The van der Waals surface area contributed by atoms with Crippen molar-refractivity contribution in [3.8, 4) is 0 Å². The number of hydrogen-bond acceptors (Lipinski definition) is 4. The summed E-state index contributed by atoms with van der Waals surface area (Å²) in [5, 5.41) is 0. The zero-order valence-corrected chi connectivity index (χ0v) is 15.3. The van der Waals surface area contributed by atoms with Gasteiger partial charge in [0.2, 0.25) is 0 Å². The number of benzene rings is 2. The van der Waals surface area contributed by atoms with Gasteiger partial charge in [-0.3, -0.25) is 0 Å². The van der Waals surface area contributed by atoms with Gasteiger partial charge in [-0.25, -0.2) is 9.97 Å². The minimum atomic E-state index is 0.160. The number of para-hydroxylation sites is 2. The fraction of sp³-hybridized carbons (Fsp3) is 0.273. The predicted octanol–water partition coefficient (Wildman–Crippen LogP) is 5.46. The van der Waals surface area contributed by atoms with E-state index in [0.29, 0.717) is 0 Å². The van der Waals surface area contributed by atoms with Crippen LogP contribution in [-0.2, 0) is 6.42 Å². The molecule has 0 bridgehead atoms. The second-order valence-corrected chi connectivity index (χ2v) is 6.55. The van der Waals surface area contributed by atoms with Gasteiger partial charge in [0.15, 0.2) is 11.6 Å². The molecular weight excluding hydrogens is 320 g/mol. The number of aromatic nitrogens is 2. The van der Waals surface area contributed by atoms with Gasteiger partial charge in [-0.2, -0.15) is 0 Å². The normalized spacial score (nSPS) is 16.0. The van der Waals surface area contributed by atoms with Crippen LogP contribution >= 0.6 is 0 Å². The zero-order chi connectivity index (χ0) is 17.9. The molecule has 0 N–H and O–H groups in total. The van der Waals surface area contributed by atoms with Crippen LogP contribution in [0.5, 0.6) is 0 Å². The first-order valence-electron chi connectivity index (χ1n) is 9.37. The predicted molar refractivity (Wildman–Crippen MR) is 107 cm³/mol. The van der Waals surface area contributed by atoms with Gasteiger partial charge in [0.05, 0.1) is 0 Å². The van der Waals surface area contributed by atoms with E-state index in [4.69, 9.17) is 4.98 Å². The second-order valence-electron chi connectivity index (χ2n) is 6.55. The highest BCUT2D eigenvalue weighted by Crippen LogP contribution is 2.46. The molecule has 0 fully saturated rings. The van der Waals surface area contributed by atoms with Gasteiger partial charge in [-0.05, 0) is 36.6 Å². The van der Waals surface area contributed by atoms with Crippen molar-refractivity contribution in [1.29, 1.82) is 0 Å². The van der Waals surface area contributed by atoms with Crippen LogP contribution in [-0.4, -0.2) is 16.1 Å². The lowest BCUT2D eigenvalue weighted by atomic mass is 10.1. The van der Waals surface area contributed by atoms with E-state index in [1.54, 1.807) is 12.4 Å². The molecule has 4 rings (SSSR count). The lowest BCUT2D eigenvalue weighted by Gasteiger charge is -2.32. The summed E-state index contributed by atoms with van der Waals surface area (Å²) < 4.78 is 0. The van der Waals surface area contributed by atoms with Crippen LogP contribution in [0.2, 0.25) is 0 Å². The van der Waals surface area contributed by atoms with Crippen LogP contribution in [0.15, 0.2) is 67.0 Å². The first-order valence-corrected chi connectivity index (χ1v) is 9.37. The van der Waals surface area contributed by atoms with Gasteiger partial charge in [-0.1, -0.05) is 56.7 Å². The quantitative estimate of drug-likeness (QED) is 0.615. The highest BCUT2D eigenvalue weighted by atomic mass is 15.5. The molecular formula is C22H24N4. The molecule has 0 aliphatic carbocycles. The monoisotopic (exact) mass is 344 g/mol. The molecule has 4 nitrogen and oxygen atoms in total. The molecule has 132 valence electrons. The third kappa shape index (κ3) is 2.71. The molecule has 4 heteroatoms. The van der Waals surface area contributed by atoms with Gasteiger partial charge in [-0.15, -0.1) is 0 Å². The van der Waals surface area contributed by atoms with Crippen molar-refractivity contribution in [2.75, 3.05) is 9.80 Å². The van der Waals surface area contributed by atoms with E-state index < -0.39 is 0 Å². The third-order valence-corrected chi connectivity index (χ3v) is 4.88. The Balaban J connectivity index is 1.88. The highest BCUT2D eigenvalue weighted by Gasteiger charge is 2.39. The summed E-state index contributed by atoms with van der Waals surface area (Å²) in [6.45, 7) is 4.45. The van der Waals surface area contributed by atoms with Crippen LogP contribution in [0, 0.1) is 0 Å². The minimum Gasteiger partial charge on any atom is -0.302 e. The maximum atomic E-state index is 4.71. The Morgan fingerprint density at radius 3 is 2.15 bits per heavy atom. The molecule has 1 aliphatic heterocycles. The first-order chi connectivity index (χ1) is 12.8. The van der Waals surface area contributed by atoms with Gasteiger partial charge in [0, 0.05) is 23.8 Å². The number of aryl methyl sites for hydroxylation is 1. The van der Waals surface area contributed by atoms with Crippen molar-refractivity contribution in [3.63, 3.8) is 0 Å². The second kappa shape index (κ2) is 7.16. The summed E-state index contributed by atoms with van der Waals surface area (Å²) in [4.78, 5) is 14.1. The molecule has 2 heterocycles. The molecule has 1 aromatic heterocycles. The fourth-order valence-electron chi connectivity index (χ4n) is 3.81. The molecule has 1 atom stereocenters. The average Bonchev–Trinajstić information content (AvgIpc) is 3.03.